The lowest BCUT2D eigenvalue weighted by Crippen LogP contribution is -2.25. The molecule has 0 N–H and O–H groups in total. The Hall–Kier alpha value is -0.710. The van der Waals surface area contributed by atoms with E-state index in [4.69, 9.17) is 0 Å². The molecule has 0 amide bonds. The topological polar surface area (TPSA) is 3.24 Å². The van der Waals surface area contributed by atoms with E-state index in [1.165, 1.54) is 6.07 Å². The lowest BCUT2D eigenvalue weighted by molar-refractivity contribution is -0.137. The third-order valence-corrected chi connectivity index (χ3v) is 3.22. The number of alkyl halides is 4. The first-order valence-corrected chi connectivity index (χ1v) is 6.85. The van der Waals surface area contributed by atoms with Crippen molar-refractivity contribution in [3.05, 3.63) is 29.3 Å². The van der Waals surface area contributed by atoms with E-state index in [0.29, 0.717) is 23.4 Å². The first-order valence-electron chi connectivity index (χ1n) is 5.73. The number of hydrogen-bond donors (Lipinski definition) is 0. The van der Waals surface area contributed by atoms with Crippen LogP contribution in [0.2, 0.25) is 0 Å². The first kappa shape index (κ1) is 15.3. The van der Waals surface area contributed by atoms with Crippen LogP contribution in [-0.4, -0.2) is 13.6 Å². The number of anilines is 1. The third kappa shape index (κ3) is 3.90. The number of nitrogens with zero attached hydrogens (tertiary/aromatic N) is 1. The Morgan fingerprint density at radius 3 is 2.33 bits per heavy atom. The minimum absolute atomic E-state index is 0.237. The molecular weight excluding hydrogens is 307 g/mol. The summed E-state index contributed by atoms with van der Waals surface area (Å²) in [5, 5.41) is 0.421. The van der Waals surface area contributed by atoms with E-state index in [0.717, 1.165) is 0 Å². The molecule has 0 aliphatic rings. The Kier molecular flexibility index (Phi) is 5.08. The molecular formula is C13H17BrF3N. The molecule has 1 rings (SSSR count). The van der Waals surface area contributed by atoms with Gasteiger partial charge in [-0.2, -0.15) is 13.2 Å². The van der Waals surface area contributed by atoms with Crippen LogP contribution >= 0.6 is 15.9 Å². The van der Waals surface area contributed by atoms with Crippen molar-refractivity contribution >= 4 is 21.6 Å². The molecule has 0 saturated carbocycles. The van der Waals surface area contributed by atoms with Crippen LogP contribution in [0.15, 0.2) is 18.2 Å². The highest BCUT2D eigenvalue weighted by atomic mass is 79.9. The average molecular weight is 324 g/mol. The molecule has 102 valence electrons. The standard InChI is InChI=1S/C13H17BrF3N/c1-9(2)8-18(3)12-5-4-10(7-14)6-11(12)13(15,16)17/h4-6,9H,7-8H2,1-3H3. The summed E-state index contributed by atoms with van der Waals surface area (Å²) >= 11 is 3.18. The van der Waals surface area contributed by atoms with Crippen molar-refractivity contribution < 1.29 is 13.2 Å². The van der Waals surface area contributed by atoms with Crippen molar-refractivity contribution in [2.24, 2.45) is 5.92 Å². The molecule has 0 radical (unpaired) electrons. The zero-order valence-corrected chi connectivity index (χ0v) is 12.3. The Morgan fingerprint density at radius 1 is 1.28 bits per heavy atom. The predicted molar refractivity (Wildman–Crippen MR) is 72.2 cm³/mol. The Labute approximate surface area is 114 Å². The third-order valence-electron chi connectivity index (χ3n) is 2.57. The van der Waals surface area contributed by atoms with Gasteiger partial charge >= 0.3 is 6.18 Å². The predicted octanol–water partition coefficient (Wildman–Crippen LogP) is 4.69. The molecule has 0 atom stereocenters. The van der Waals surface area contributed by atoms with Gasteiger partial charge in [0.05, 0.1) is 5.56 Å². The lowest BCUT2D eigenvalue weighted by Gasteiger charge is -2.25. The van der Waals surface area contributed by atoms with Gasteiger partial charge in [-0.15, -0.1) is 0 Å². The van der Waals surface area contributed by atoms with Gasteiger partial charge in [0, 0.05) is 24.6 Å². The summed E-state index contributed by atoms with van der Waals surface area (Å²) in [6.45, 7) is 4.56. The van der Waals surface area contributed by atoms with Gasteiger partial charge in [0.2, 0.25) is 0 Å². The number of rotatable bonds is 4. The second kappa shape index (κ2) is 5.95. The van der Waals surface area contributed by atoms with E-state index in [2.05, 4.69) is 15.9 Å². The van der Waals surface area contributed by atoms with Crippen molar-refractivity contribution in [3.63, 3.8) is 0 Å². The molecule has 1 nitrogen and oxygen atoms in total. The molecule has 1 aromatic rings. The van der Waals surface area contributed by atoms with Gasteiger partial charge in [-0.05, 0) is 23.6 Å². The Bertz CT molecular complexity index is 402. The van der Waals surface area contributed by atoms with E-state index in [9.17, 15) is 13.2 Å². The van der Waals surface area contributed by atoms with E-state index in [-0.39, 0.29) is 5.69 Å². The first-order chi connectivity index (χ1) is 8.25. The van der Waals surface area contributed by atoms with Crippen LogP contribution in [-0.2, 0) is 11.5 Å². The molecule has 0 saturated heterocycles. The quantitative estimate of drug-likeness (QED) is 0.726. The molecule has 0 aliphatic carbocycles. The fourth-order valence-electron chi connectivity index (χ4n) is 1.87. The van der Waals surface area contributed by atoms with Crippen LogP contribution < -0.4 is 4.90 Å². The molecule has 0 spiro atoms. The Morgan fingerprint density at radius 2 is 1.89 bits per heavy atom. The maximum absolute atomic E-state index is 13.0. The fraction of sp³-hybridized carbons (Fsp3) is 0.538. The van der Waals surface area contributed by atoms with E-state index < -0.39 is 11.7 Å². The number of benzene rings is 1. The smallest absolute Gasteiger partial charge is 0.374 e. The van der Waals surface area contributed by atoms with Crippen LogP contribution in [0.25, 0.3) is 0 Å². The molecule has 0 aliphatic heterocycles. The monoisotopic (exact) mass is 323 g/mol. The fourth-order valence-corrected chi connectivity index (χ4v) is 2.22. The van der Waals surface area contributed by atoms with E-state index >= 15 is 0 Å². The summed E-state index contributed by atoms with van der Waals surface area (Å²) in [5.74, 6) is 0.312. The highest BCUT2D eigenvalue weighted by Gasteiger charge is 2.34. The van der Waals surface area contributed by atoms with Crippen LogP contribution in [0, 0.1) is 5.92 Å². The SMILES string of the molecule is CC(C)CN(C)c1ccc(CBr)cc1C(F)(F)F. The lowest BCUT2D eigenvalue weighted by atomic mass is 10.1. The van der Waals surface area contributed by atoms with Crippen molar-refractivity contribution in [2.75, 3.05) is 18.5 Å². The van der Waals surface area contributed by atoms with Gasteiger partial charge < -0.3 is 4.90 Å². The maximum atomic E-state index is 13.0. The van der Waals surface area contributed by atoms with Gasteiger partial charge in [-0.25, -0.2) is 0 Å². The van der Waals surface area contributed by atoms with Gasteiger partial charge in [0.25, 0.3) is 0 Å². The van der Waals surface area contributed by atoms with Gasteiger partial charge in [-0.1, -0.05) is 35.8 Å². The summed E-state index contributed by atoms with van der Waals surface area (Å²) in [6.07, 6.45) is -4.32. The molecule has 0 unspecified atom stereocenters. The molecule has 0 fully saturated rings. The Balaban J connectivity index is 3.18. The van der Waals surface area contributed by atoms with E-state index in [1.807, 2.05) is 13.8 Å². The van der Waals surface area contributed by atoms with Crippen molar-refractivity contribution in [1.82, 2.24) is 0 Å². The summed E-state index contributed by atoms with van der Waals surface area (Å²) in [7, 11) is 1.69. The molecule has 1 aromatic carbocycles. The second-order valence-corrected chi connectivity index (χ2v) is 5.32. The van der Waals surface area contributed by atoms with Crippen LogP contribution in [0.1, 0.15) is 25.0 Å². The zero-order valence-electron chi connectivity index (χ0n) is 10.7. The summed E-state index contributed by atoms with van der Waals surface area (Å²) in [5.41, 5.74) is 0.299. The number of hydrogen-bond acceptors (Lipinski definition) is 1. The van der Waals surface area contributed by atoms with Crippen molar-refractivity contribution in [2.45, 2.75) is 25.4 Å². The van der Waals surface area contributed by atoms with Crippen LogP contribution in [0.3, 0.4) is 0 Å². The highest BCUT2D eigenvalue weighted by molar-refractivity contribution is 9.08. The summed E-state index contributed by atoms with van der Waals surface area (Å²) in [4.78, 5) is 1.66. The van der Waals surface area contributed by atoms with Gasteiger partial charge in [0.1, 0.15) is 0 Å². The molecule has 18 heavy (non-hydrogen) atoms. The minimum Gasteiger partial charge on any atom is -0.374 e. The summed E-state index contributed by atoms with van der Waals surface area (Å²) < 4.78 is 39.1. The van der Waals surface area contributed by atoms with E-state index in [1.54, 1.807) is 24.1 Å². The van der Waals surface area contributed by atoms with Gasteiger partial charge in [0.15, 0.2) is 0 Å². The molecule has 0 heterocycles. The average Bonchev–Trinajstić information content (AvgIpc) is 2.26. The molecule has 0 bridgehead atoms. The molecule has 5 heteroatoms. The normalized spacial score (nSPS) is 12.0. The largest absolute Gasteiger partial charge is 0.418 e. The van der Waals surface area contributed by atoms with Crippen molar-refractivity contribution in [1.29, 1.82) is 0 Å². The summed E-state index contributed by atoms with van der Waals surface area (Å²) in [6, 6.07) is 4.47. The van der Waals surface area contributed by atoms with Crippen molar-refractivity contribution in [3.8, 4) is 0 Å². The molecule has 0 aromatic heterocycles. The van der Waals surface area contributed by atoms with Gasteiger partial charge in [-0.3, -0.25) is 0 Å². The second-order valence-electron chi connectivity index (χ2n) is 4.76. The van der Waals surface area contributed by atoms with Crippen LogP contribution in [0.5, 0.6) is 0 Å². The highest BCUT2D eigenvalue weighted by Crippen LogP contribution is 2.37. The minimum atomic E-state index is -4.32. The van der Waals surface area contributed by atoms with Crippen LogP contribution in [0.4, 0.5) is 18.9 Å². The number of halogens is 4. The zero-order chi connectivity index (χ0) is 13.9. The maximum Gasteiger partial charge on any atom is 0.418 e.